The van der Waals surface area contributed by atoms with Crippen molar-refractivity contribution < 1.29 is 0 Å². The molecule has 0 saturated carbocycles. The van der Waals surface area contributed by atoms with Crippen LogP contribution in [0, 0.1) is 6.92 Å². The van der Waals surface area contributed by atoms with Crippen molar-refractivity contribution in [2.75, 3.05) is 0 Å². The molecular weight excluding hydrogens is 388 g/mol. The molecule has 152 valence electrons. The molecule has 4 aromatic rings. The second kappa shape index (κ2) is 7.69. The Balaban J connectivity index is 2.16. The van der Waals surface area contributed by atoms with Crippen LogP contribution >= 0.6 is 0 Å². The highest BCUT2D eigenvalue weighted by atomic mass is 14.5. The summed E-state index contributed by atoms with van der Waals surface area (Å²) in [5.74, 6) is 0. The Hall–Kier alpha value is -2.67. The molecule has 0 N–H and O–H groups in total. The molecule has 33 heavy (non-hydrogen) atoms. The van der Waals surface area contributed by atoms with Gasteiger partial charge in [-0.3, -0.25) is 0 Å². The highest BCUT2D eigenvalue weighted by Gasteiger charge is 2.49. The zero-order valence-corrected chi connectivity index (χ0v) is 21.3. The molecule has 0 unspecified atom stereocenters. The minimum atomic E-state index is -0.326. The lowest BCUT2D eigenvalue weighted by Gasteiger charge is -2.37. The summed E-state index contributed by atoms with van der Waals surface area (Å²) in [6.07, 6.45) is 0. The van der Waals surface area contributed by atoms with Gasteiger partial charge in [-0.1, -0.05) is 82.5 Å². The van der Waals surface area contributed by atoms with E-state index < -0.39 is 0 Å². The number of hydrogen-bond donors (Lipinski definition) is 0. The van der Waals surface area contributed by atoms with Crippen molar-refractivity contribution >= 4 is 93.2 Å². The molecule has 0 saturated heterocycles. The van der Waals surface area contributed by atoms with Gasteiger partial charge in [0.25, 0.3) is 0 Å². The summed E-state index contributed by atoms with van der Waals surface area (Å²) < 4.78 is 0. The fraction of sp³-hybridized carbons (Fsp3) is 0.0769. The van der Waals surface area contributed by atoms with E-state index in [0.717, 1.165) is 0 Å². The van der Waals surface area contributed by atoms with Gasteiger partial charge in [-0.15, -0.1) is 16.4 Å². The Kier molecular flexibility index (Phi) is 5.16. The molecule has 1 aliphatic carbocycles. The van der Waals surface area contributed by atoms with Gasteiger partial charge in [-0.2, -0.15) is 0 Å². The van der Waals surface area contributed by atoms with Crippen molar-refractivity contribution in [2.24, 2.45) is 0 Å². The van der Waals surface area contributed by atoms with E-state index in [0.29, 0.717) is 0 Å². The van der Waals surface area contributed by atoms with Gasteiger partial charge >= 0.3 is 0 Å². The molecular formula is C26H27B7. The van der Waals surface area contributed by atoms with Gasteiger partial charge in [0.1, 0.15) is 54.9 Å². The van der Waals surface area contributed by atoms with E-state index in [2.05, 4.69) is 123 Å². The molecule has 0 aromatic heterocycles. The summed E-state index contributed by atoms with van der Waals surface area (Å²) >= 11 is 0. The van der Waals surface area contributed by atoms with Crippen LogP contribution in [-0.4, -0.2) is 54.9 Å². The third kappa shape index (κ3) is 2.75. The molecule has 0 nitrogen and oxygen atoms in total. The van der Waals surface area contributed by atoms with E-state index in [4.69, 9.17) is 0 Å². The Morgan fingerprint density at radius 2 is 0.848 bits per heavy atom. The SMILES string of the molecule is Bc1c(B)c(B)c2c(c1B)-c1c(C)c(B)c(B)c(B)c1C2(c1ccccc1)c1ccccc1. The summed E-state index contributed by atoms with van der Waals surface area (Å²) in [6, 6.07) is 22.4. The van der Waals surface area contributed by atoms with Crippen molar-refractivity contribution in [1.82, 2.24) is 0 Å². The predicted octanol–water partition coefficient (Wildman–Crippen LogP) is -5.83. The third-order valence-corrected chi connectivity index (χ3v) is 8.79. The fourth-order valence-electron chi connectivity index (χ4n) is 6.43. The van der Waals surface area contributed by atoms with Crippen molar-refractivity contribution in [2.45, 2.75) is 12.3 Å². The number of hydrogen-bond acceptors (Lipinski definition) is 0. The molecule has 1 aliphatic rings. The predicted molar refractivity (Wildman–Crippen MR) is 166 cm³/mol. The first-order chi connectivity index (χ1) is 15.7. The van der Waals surface area contributed by atoms with Crippen LogP contribution in [0.2, 0.25) is 0 Å². The maximum absolute atomic E-state index is 2.34. The first-order valence-corrected chi connectivity index (χ1v) is 12.1. The normalized spacial score (nSPS) is 13.5. The maximum Gasteiger partial charge on any atom is 0.139 e. The molecule has 0 atom stereocenters. The first-order valence-electron chi connectivity index (χ1n) is 12.1. The second-order valence-electron chi connectivity index (χ2n) is 9.98. The van der Waals surface area contributed by atoms with Gasteiger partial charge in [0.2, 0.25) is 0 Å². The van der Waals surface area contributed by atoms with Crippen molar-refractivity contribution in [1.29, 1.82) is 0 Å². The lowest BCUT2D eigenvalue weighted by molar-refractivity contribution is 0.779. The lowest BCUT2D eigenvalue weighted by atomic mass is 9.57. The van der Waals surface area contributed by atoms with Crippen LogP contribution in [0.15, 0.2) is 60.7 Å². The molecule has 7 heteroatoms. The van der Waals surface area contributed by atoms with E-state index in [1.807, 2.05) is 0 Å². The van der Waals surface area contributed by atoms with Gasteiger partial charge in [-0.25, -0.2) is 0 Å². The quantitative estimate of drug-likeness (QED) is 0.252. The Morgan fingerprint density at radius 3 is 1.33 bits per heavy atom. The average Bonchev–Trinajstić information content (AvgIpc) is 3.17. The zero-order valence-electron chi connectivity index (χ0n) is 21.3. The summed E-state index contributed by atoms with van der Waals surface area (Å²) in [5.41, 5.74) is 19.6. The lowest BCUT2D eigenvalue weighted by Crippen LogP contribution is -2.52. The molecule has 0 spiro atoms. The smallest absolute Gasteiger partial charge is 0.101 e. The van der Waals surface area contributed by atoms with E-state index in [-0.39, 0.29) is 5.41 Å². The van der Waals surface area contributed by atoms with Crippen molar-refractivity contribution in [3.05, 3.63) is 88.5 Å². The molecule has 0 fully saturated rings. The van der Waals surface area contributed by atoms with E-state index >= 15 is 0 Å². The molecule has 0 bridgehead atoms. The van der Waals surface area contributed by atoms with Gasteiger partial charge < -0.3 is 0 Å². The number of rotatable bonds is 2. The van der Waals surface area contributed by atoms with Crippen LogP contribution in [0.25, 0.3) is 11.1 Å². The molecule has 0 radical (unpaired) electrons. The van der Waals surface area contributed by atoms with Crippen LogP contribution in [-0.2, 0) is 5.41 Å². The van der Waals surface area contributed by atoms with Crippen LogP contribution in [0.1, 0.15) is 27.8 Å². The number of benzene rings is 4. The molecule has 0 heterocycles. The highest BCUT2D eigenvalue weighted by molar-refractivity contribution is 6.65. The van der Waals surface area contributed by atoms with Crippen LogP contribution < -0.4 is 38.2 Å². The largest absolute Gasteiger partial charge is 0.139 e. The van der Waals surface area contributed by atoms with Crippen molar-refractivity contribution in [3.63, 3.8) is 0 Å². The highest BCUT2D eigenvalue weighted by Crippen LogP contribution is 2.54. The summed E-state index contributed by atoms with van der Waals surface area (Å²) in [6.45, 7) is 2.33. The monoisotopic (exact) mass is 416 g/mol. The first kappa shape index (κ1) is 22.1. The fourth-order valence-corrected chi connectivity index (χ4v) is 6.43. The zero-order chi connectivity index (χ0) is 23.7. The van der Waals surface area contributed by atoms with Crippen LogP contribution in [0.3, 0.4) is 0 Å². The van der Waals surface area contributed by atoms with E-state index in [9.17, 15) is 0 Å². The average molecular weight is 415 g/mol. The molecule has 5 rings (SSSR count). The second-order valence-corrected chi connectivity index (χ2v) is 9.98. The third-order valence-electron chi connectivity index (χ3n) is 8.79. The number of fused-ring (bicyclic) bond motifs is 3. The Bertz CT molecular complexity index is 1320. The molecule has 0 amide bonds. The Labute approximate surface area is 204 Å². The van der Waals surface area contributed by atoms with Gasteiger partial charge in [0, 0.05) is 0 Å². The van der Waals surface area contributed by atoms with E-state index in [1.54, 1.807) is 0 Å². The van der Waals surface area contributed by atoms with Crippen LogP contribution in [0.5, 0.6) is 0 Å². The summed E-state index contributed by atoms with van der Waals surface area (Å²) in [4.78, 5) is 0. The minimum absolute atomic E-state index is 0.326. The molecule has 4 aromatic carbocycles. The summed E-state index contributed by atoms with van der Waals surface area (Å²) in [5, 5.41) is 0. The Morgan fingerprint density at radius 1 is 0.455 bits per heavy atom. The van der Waals surface area contributed by atoms with Gasteiger partial charge in [0.05, 0.1) is 5.41 Å². The van der Waals surface area contributed by atoms with Crippen LogP contribution in [0.4, 0.5) is 0 Å². The van der Waals surface area contributed by atoms with Gasteiger partial charge in [-0.05, 0) is 45.9 Å². The topological polar surface area (TPSA) is 0 Å². The van der Waals surface area contributed by atoms with Gasteiger partial charge in [0.15, 0.2) is 0 Å². The van der Waals surface area contributed by atoms with Crippen molar-refractivity contribution in [3.8, 4) is 11.1 Å². The molecule has 0 aliphatic heterocycles. The van der Waals surface area contributed by atoms with E-state index in [1.165, 1.54) is 77.2 Å². The summed E-state index contributed by atoms with van der Waals surface area (Å²) in [7, 11) is 16.2. The minimum Gasteiger partial charge on any atom is -0.101 e. The standard InChI is InChI=1S/C26H27B7/c1-12-15-16-18(22(30)25(33)24(32)20(16)28)26(13-8-4-2-5-9-13,14-10-6-3-7-11-14)17(15)21(29)23(31)19(12)27/h2-11H,27-33H2,1H3. The maximum atomic E-state index is 2.34.